The summed E-state index contributed by atoms with van der Waals surface area (Å²) >= 11 is 0. The lowest BCUT2D eigenvalue weighted by Gasteiger charge is -2.27. The van der Waals surface area contributed by atoms with Gasteiger partial charge in [0.1, 0.15) is 11.2 Å². The van der Waals surface area contributed by atoms with Crippen molar-refractivity contribution in [3.8, 4) is 0 Å². The molecule has 0 spiro atoms. The maximum Gasteiger partial charge on any atom is 0.327 e. The number of nitro groups is 1. The van der Waals surface area contributed by atoms with Gasteiger partial charge < -0.3 is 10.1 Å². The zero-order valence-electron chi connectivity index (χ0n) is 15.4. The lowest BCUT2D eigenvalue weighted by Crippen LogP contribution is -2.56. The van der Waals surface area contributed by atoms with Gasteiger partial charge in [-0.2, -0.15) is 0 Å². The van der Waals surface area contributed by atoms with Crippen molar-refractivity contribution in [1.29, 1.82) is 0 Å². The number of para-hydroxylation sites is 2. The first-order valence-corrected chi connectivity index (χ1v) is 8.97. The van der Waals surface area contributed by atoms with Crippen LogP contribution >= 0.6 is 0 Å². The van der Waals surface area contributed by atoms with Gasteiger partial charge in [-0.25, -0.2) is 0 Å². The van der Waals surface area contributed by atoms with Crippen molar-refractivity contribution in [1.82, 2.24) is 5.32 Å². The van der Waals surface area contributed by atoms with Crippen LogP contribution in [0.5, 0.6) is 0 Å². The Morgan fingerprint density at radius 2 is 1.71 bits per heavy atom. The molecule has 0 atom stereocenters. The van der Waals surface area contributed by atoms with Crippen LogP contribution in [0.3, 0.4) is 0 Å². The Morgan fingerprint density at radius 1 is 1.11 bits per heavy atom. The molecule has 0 saturated carbocycles. The molecule has 28 heavy (non-hydrogen) atoms. The number of hydrogen-bond acceptors (Lipinski definition) is 6. The first kappa shape index (κ1) is 19.5. The van der Waals surface area contributed by atoms with Crippen LogP contribution < -0.4 is 10.6 Å². The van der Waals surface area contributed by atoms with Crippen molar-refractivity contribution >= 4 is 23.3 Å². The van der Waals surface area contributed by atoms with Gasteiger partial charge in [0.2, 0.25) is 5.91 Å². The molecular weight excluding hydrogens is 362 g/mol. The number of hydrogen-bond donors (Lipinski definition) is 2. The van der Waals surface area contributed by atoms with Crippen molar-refractivity contribution < 1.29 is 19.2 Å². The summed E-state index contributed by atoms with van der Waals surface area (Å²) in [6.07, 6.45) is 0.835. The average molecular weight is 383 g/mol. The molecular formula is C20H21N3O5. The smallest absolute Gasteiger partial charge is 0.327 e. The number of benzene rings is 2. The van der Waals surface area contributed by atoms with Crippen molar-refractivity contribution in [2.75, 3.05) is 18.5 Å². The van der Waals surface area contributed by atoms with E-state index in [1.54, 1.807) is 13.0 Å². The van der Waals surface area contributed by atoms with Crippen LogP contribution in [0.1, 0.15) is 18.1 Å². The summed E-state index contributed by atoms with van der Waals surface area (Å²) in [4.78, 5) is 35.6. The van der Waals surface area contributed by atoms with E-state index in [-0.39, 0.29) is 24.5 Å². The SMILES string of the molecule is CCOC(=O)C1(NCC(=O)Nc2ccccc2[N+](=O)[O-])Cc2ccccc2C1. The second-order valence-corrected chi connectivity index (χ2v) is 6.60. The number of carbonyl (C=O) groups excluding carboxylic acids is 2. The van der Waals surface area contributed by atoms with Gasteiger partial charge in [0.25, 0.3) is 5.69 Å². The second kappa shape index (κ2) is 8.18. The summed E-state index contributed by atoms with van der Waals surface area (Å²) in [7, 11) is 0. The fourth-order valence-corrected chi connectivity index (χ4v) is 3.41. The molecule has 1 amide bonds. The molecule has 2 aromatic carbocycles. The van der Waals surface area contributed by atoms with Crippen LogP contribution in [0, 0.1) is 10.1 Å². The van der Waals surface area contributed by atoms with E-state index in [2.05, 4.69) is 10.6 Å². The Balaban J connectivity index is 1.72. The van der Waals surface area contributed by atoms with Crippen molar-refractivity contribution in [2.45, 2.75) is 25.3 Å². The highest BCUT2D eigenvalue weighted by atomic mass is 16.6. The molecule has 1 aliphatic rings. The van der Waals surface area contributed by atoms with E-state index in [9.17, 15) is 19.7 Å². The van der Waals surface area contributed by atoms with Gasteiger partial charge in [-0.05, 0) is 24.1 Å². The Kier molecular flexibility index (Phi) is 5.70. The van der Waals surface area contributed by atoms with Crippen LogP contribution in [0.15, 0.2) is 48.5 Å². The molecule has 0 aromatic heterocycles. The zero-order valence-corrected chi connectivity index (χ0v) is 15.4. The Morgan fingerprint density at radius 3 is 2.32 bits per heavy atom. The van der Waals surface area contributed by atoms with E-state index in [4.69, 9.17) is 4.74 Å². The number of carbonyl (C=O) groups is 2. The van der Waals surface area contributed by atoms with E-state index < -0.39 is 22.3 Å². The fourth-order valence-electron chi connectivity index (χ4n) is 3.41. The maximum atomic E-state index is 12.6. The lowest BCUT2D eigenvalue weighted by atomic mass is 9.95. The number of anilines is 1. The van der Waals surface area contributed by atoms with Gasteiger partial charge in [0.15, 0.2) is 0 Å². The minimum atomic E-state index is -1.03. The molecule has 3 rings (SSSR count). The van der Waals surface area contributed by atoms with Crippen molar-refractivity contribution in [3.63, 3.8) is 0 Å². The Bertz CT molecular complexity index is 887. The monoisotopic (exact) mass is 383 g/mol. The summed E-state index contributed by atoms with van der Waals surface area (Å²) in [6, 6.07) is 13.6. The van der Waals surface area contributed by atoms with E-state index in [0.29, 0.717) is 12.8 Å². The normalized spacial score (nSPS) is 14.2. The molecule has 0 unspecified atom stereocenters. The van der Waals surface area contributed by atoms with Crippen LogP contribution in [0.2, 0.25) is 0 Å². The van der Waals surface area contributed by atoms with Gasteiger partial charge in [-0.15, -0.1) is 0 Å². The molecule has 2 N–H and O–H groups in total. The molecule has 0 heterocycles. The second-order valence-electron chi connectivity index (χ2n) is 6.60. The maximum absolute atomic E-state index is 12.6. The first-order chi connectivity index (χ1) is 13.4. The Hall–Kier alpha value is -3.26. The molecule has 0 aliphatic heterocycles. The molecule has 8 heteroatoms. The third-order valence-corrected chi connectivity index (χ3v) is 4.73. The van der Waals surface area contributed by atoms with Gasteiger partial charge in [-0.3, -0.25) is 25.0 Å². The number of amides is 1. The van der Waals surface area contributed by atoms with E-state index in [0.717, 1.165) is 11.1 Å². The van der Waals surface area contributed by atoms with Crippen LogP contribution in [-0.4, -0.2) is 35.5 Å². The summed E-state index contributed by atoms with van der Waals surface area (Å²) in [5.74, 6) is -0.890. The predicted molar refractivity (Wildman–Crippen MR) is 103 cm³/mol. The summed E-state index contributed by atoms with van der Waals surface area (Å²) in [5, 5.41) is 16.7. The number of fused-ring (bicyclic) bond motifs is 1. The highest BCUT2D eigenvalue weighted by Crippen LogP contribution is 2.31. The summed E-state index contributed by atoms with van der Waals surface area (Å²) < 4.78 is 5.24. The number of nitrogens with one attached hydrogen (secondary N) is 2. The average Bonchev–Trinajstić information content (AvgIpc) is 3.07. The van der Waals surface area contributed by atoms with Crippen LogP contribution in [0.4, 0.5) is 11.4 Å². The third kappa shape index (κ3) is 4.01. The molecule has 146 valence electrons. The van der Waals surface area contributed by atoms with E-state index in [1.807, 2.05) is 24.3 Å². The minimum Gasteiger partial charge on any atom is -0.465 e. The molecule has 0 radical (unpaired) electrons. The van der Waals surface area contributed by atoms with Gasteiger partial charge in [-0.1, -0.05) is 36.4 Å². The number of nitro benzene ring substituents is 1. The predicted octanol–water partition coefficient (Wildman–Crippen LogP) is 2.22. The number of rotatable bonds is 7. The summed E-state index contributed by atoms with van der Waals surface area (Å²) in [6.45, 7) is 1.79. The van der Waals surface area contributed by atoms with Crippen molar-refractivity contribution in [3.05, 3.63) is 69.8 Å². The largest absolute Gasteiger partial charge is 0.465 e. The Labute approximate surface area is 162 Å². The number of ether oxygens (including phenoxy) is 1. The van der Waals surface area contributed by atoms with E-state index in [1.165, 1.54) is 18.2 Å². The first-order valence-electron chi connectivity index (χ1n) is 8.97. The van der Waals surface area contributed by atoms with Crippen molar-refractivity contribution in [2.24, 2.45) is 0 Å². The van der Waals surface area contributed by atoms with Crippen LogP contribution in [0.25, 0.3) is 0 Å². The molecule has 1 aliphatic carbocycles. The molecule has 8 nitrogen and oxygen atoms in total. The topological polar surface area (TPSA) is 111 Å². The highest BCUT2D eigenvalue weighted by molar-refractivity contribution is 5.95. The number of esters is 1. The fraction of sp³-hybridized carbons (Fsp3) is 0.300. The molecule has 0 saturated heterocycles. The molecule has 2 aromatic rings. The quantitative estimate of drug-likeness (QED) is 0.431. The molecule has 0 fully saturated rings. The van der Waals surface area contributed by atoms with E-state index >= 15 is 0 Å². The molecule has 0 bridgehead atoms. The minimum absolute atomic E-state index is 0.110. The number of nitrogens with zero attached hydrogens (tertiary/aromatic N) is 1. The highest BCUT2D eigenvalue weighted by Gasteiger charge is 2.45. The van der Waals surface area contributed by atoms with Crippen LogP contribution in [-0.2, 0) is 27.2 Å². The lowest BCUT2D eigenvalue weighted by molar-refractivity contribution is -0.383. The standard InChI is InChI=1S/C20H21N3O5/c1-2-28-19(25)20(11-14-7-3-4-8-15(14)12-20)21-13-18(24)22-16-9-5-6-10-17(16)23(26)27/h3-10,21H,2,11-13H2,1H3,(H,22,24). The zero-order chi connectivity index (χ0) is 20.1. The van der Waals surface area contributed by atoms with Gasteiger partial charge in [0.05, 0.1) is 18.1 Å². The summed E-state index contributed by atoms with van der Waals surface area (Å²) in [5.41, 5.74) is 0.951. The van der Waals surface area contributed by atoms with Gasteiger partial charge >= 0.3 is 5.97 Å². The van der Waals surface area contributed by atoms with Gasteiger partial charge in [0, 0.05) is 18.9 Å². The third-order valence-electron chi connectivity index (χ3n) is 4.73.